The first-order valence-electron chi connectivity index (χ1n) is 9.15. The minimum atomic E-state index is -0.259. The van der Waals surface area contributed by atoms with Gasteiger partial charge in [-0.3, -0.25) is 4.79 Å². The Balaban J connectivity index is 1.45. The summed E-state index contributed by atoms with van der Waals surface area (Å²) in [5, 5.41) is 0. The number of anilines is 1. The molecule has 4 nitrogen and oxygen atoms in total. The Kier molecular flexibility index (Phi) is 4.89. The molecule has 0 N–H and O–H groups in total. The van der Waals surface area contributed by atoms with Crippen LogP contribution in [0.25, 0.3) is 0 Å². The highest BCUT2D eigenvalue weighted by atomic mass is 19.1. The van der Waals surface area contributed by atoms with Gasteiger partial charge in [-0.1, -0.05) is 0 Å². The average Bonchev–Trinajstić information content (AvgIpc) is 3.19. The fraction of sp³-hybridized carbons (Fsp3) is 0.381. The van der Waals surface area contributed by atoms with Gasteiger partial charge in [-0.05, 0) is 73.7 Å². The molecule has 2 heterocycles. The summed E-state index contributed by atoms with van der Waals surface area (Å²) in [5.74, 6) is 0.409. The maximum atomic E-state index is 13.4. The second kappa shape index (κ2) is 7.46. The molecule has 0 saturated carbocycles. The number of benzene rings is 2. The molecule has 0 aromatic heterocycles. The lowest BCUT2D eigenvalue weighted by molar-refractivity contribution is 0.0679. The summed E-state index contributed by atoms with van der Waals surface area (Å²) in [4.78, 5) is 14.6. The number of hydrogen-bond donors (Lipinski definition) is 0. The van der Waals surface area contributed by atoms with Crippen LogP contribution in [-0.4, -0.2) is 31.8 Å². The molecule has 5 heteroatoms. The van der Waals surface area contributed by atoms with Crippen LogP contribution in [0.3, 0.4) is 0 Å². The van der Waals surface area contributed by atoms with E-state index in [2.05, 4.69) is 0 Å². The van der Waals surface area contributed by atoms with Gasteiger partial charge in [0.2, 0.25) is 0 Å². The lowest BCUT2D eigenvalue weighted by atomic mass is 10.0. The van der Waals surface area contributed by atoms with Gasteiger partial charge in [0.05, 0.1) is 6.10 Å². The van der Waals surface area contributed by atoms with Crippen molar-refractivity contribution in [1.82, 2.24) is 0 Å². The average molecular weight is 355 g/mol. The van der Waals surface area contributed by atoms with E-state index >= 15 is 0 Å². The first-order valence-corrected chi connectivity index (χ1v) is 9.15. The number of hydrogen-bond acceptors (Lipinski definition) is 3. The van der Waals surface area contributed by atoms with Crippen molar-refractivity contribution in [2.24, 2.45) is 0 Å². The van der Waals surface area contributed by atoms with Crippen molar-refractivity contribution in [3.63, 3.8) is 0 Å². The number of rotatable bonds is 4. The molecule has 1 saturated heterocycles. The van der Waals surface area contributed by atoms with Gasteiger partial charge in [0.15, 0.2) is 0 Å². The van der Waals surface area contributed by atoms with E-state index in [9.17, 15) is 9.18 Å². The Morgan fingerprint density at radius 1 is 1.19 bits per heavy atom. The van der Waals surface area contributed by atoms with E-state index in [1.54, 1.807) is 23.1 Å². The molecule has 1 unspecified atom stereocenters. The molecule has 0 radical (unpaired) electrons. The molecule has 2 aliphatic rings. The Morgan fingerprint density at radius 2 is 2.04 bits per heavy atom. The molecule has 0 spiro atoms. The van der Waals surface area contributed by atoms with E-state index in [1.165, 1.54) is 12.1 Å². The maximum Gasteiger partial charge on any atom is 0.258 e. The van der Waals surface area contributed by atoms with Gasteiger partial charge in [-0.25, -0.2) is 4.39 Å². The second-order valence-corrected chi connectivity index (χ2v) is 6.80. The normalized spacial score (nSPS) is 19.3. The highest BCUT2D eigenvalue weighted by Crippen LogP contribution is 2.29. The fourth-order valence-corrected chi connectivity index (χ4v) is 3.59. The Bertz CT molecular complexity index is 784. The lowest BCUT2D eigenvalue weighted by Gasteiger charge is -2.29. The first-order chi connectivity index (χ1) is 12.7. The zero-order chi connectivity index (χ0) is 17.9. The number of carbonyl (C=O) groups is 1. The summed E-state index contributed by atoms with van der Waals surface area (Å²) < 4.78 is 24.7. The summed E-state index contributed by atoms with van der Waals surface area (Å²) in [5.41, 5.74) is 2.30. The Morgan fingerprint density at radius 3 is 2.81 bits per heavy atom. The minimum Gasteiger partial charge on any atom is -0.491 e. The molecule has 0 bridgehead atoms. The number of fused-ring (bicyclic) bond motifs is 1. The molecule has 2 aromatic carbocycles. The molecule has 2 aliphatic heterocycles. The van der Waals surface area contributed by atoms with Crippen LogP contribution >= 0.6 is 0 Å². The standard InChI is InChI=1S/C21H22FNO3/c22-17-7-10-20-16(13-17)3-1-11-23(20)21(24)15-5-8-18(9-6-15)26-14-19-4-2-12-25-19/h5-10,13,19H,1-4,11-12,14H2. The van der Waals surface area contributed by atoms with Crippen molar-refractivity contribution in [2.75, 3.05) is 24.7 Å². The maximum absolute atomic E-state index is 13.4. The van der Waals surface area contributed by atoms with Gasteiger partial charge in [-0.15, -0.1) is 0 Å². The number of halogens is 1. The molecule has 26 heavy (non-hydrogen) atoms. The van der Waals surface area contributed by atoms with Gasteiger partial charge in [0.1, 0.15) is 18.2 Å². The van der Waals surface area contributed by atoms with E-state index in [4.69, 9.17) is 9.47 Å². The van der Waals surface area contributed by atoms with Gasteiger partial charge in [0, 0.05) is 24.4 Å². The molecule has 1 atom stereocenters. The van der Waals surface area contributed by atoms with E-state index in [0.29, 0.717) is 18.7 Å². The SMILES string of the molecule is O=C(c1ccc(OCC2CCCO2)cc1)N1CCCc2cc(F)ccc21. The van der Waals surface area contributed by atoms with Gasteiger partial charge in [-0.2, -0.15) is 0 Å². The van der Waals surface area contributed by atoms with Crippen LogP contribution in [0.15, 0.2) is 42.5 Å². The second-order valence-electron chi connectivity index (χ2n) is 6.80. The lowest BCUT2D eigenvalue weighted by Crippen LogP contribution is -2.35. The first kappa shape index (κ1) is 17.0. The predicted molar refractivity (Wildman–Crippen MR) is 97.3 cm³/mol. The Hall–Kier alpha value is -2.40. The van der Waals surface area contributed by atoms with Gasteiger partial charge < -0.3 is 14.4 Å². The third kappa shape index (κ3) is 3.58. The highest BCUT2D eigenvalue weighted by molar-refractivity contribution is 6.06. The van der Waals surface area contributed by atoms with Crippen LogP contribution in [0.5, 0.6) is 5.75 Å². The van der Waals surface area contributed by atoms with Crippen molar-refractivity contribution in [3.8, 4) is 5.75 Å². The quantitative estimate of drug-likeness (QED) is 0.833. The molecule has 4 rings (SSSR count). The number of ether oxygens (including phenoxy) is 2. The number of aryl methyl sites for hydroxylation is 1. The van der Waals surface area contributed by atoms with Crippen molar-refractivity contribution in [3.05, 3.63) is 59.4 Å². The van der Waals surface area contributed by atoms with Crippen LogP contribution in [0.4, 0.5) is 10.1 Å². The third-order valence-corrected chi connectivity index (χ3v) is 4.97. The molecular formula is C21H22FNO3. The van der Waals surface area contributed by atoms with Crippen molar-refractivity contribution >= 4 is 11.6 Å². The van der Waals surface area contributed by atoms with Crippen molar-refractivity contribution in [1.29, 1.82) is 0 Å². The number of amides is 1. The van der Waals surface area contributed by atoms with Gasteiger partial charge in [0.25, 0.3) is 5.91 Å². The molecule has 0 aliphatic carbocycles. The summed E-state index contributed by atoms with van der Waals surface area (Å²) in [6, 6.07) is 11.8. The smallest absolute Gasteiger partial charge is 0.258 e. The Labute approximate surface area is 152 Å². The zero-order valence-corrected chi connectivity index (χ0v) is 14.6. The molecular weight excluding hydrogens is 333 g/mol. The largest absolute Gasteiger partial charge is 0.491 e. The van der Waals surface area contributed by atoms with E-state index in [-0.39, 0.29) is 17.8 Å². The fourth-order valence-electron chi connectivity index (χ4n) is 3.59. The molecule has 1 amide bonds. The van der Waals surface area contributed by atoms with Crippen LogP contribution in [-0.2, 0) is 11.2 Å². The monoisotopic (exact) mass is 355 g/mol. The van der Waals surface area contributed by atoms with Gasteiger partial charge >= 0.3 is 0 Å². The predicted octanol–water partition coefficient (Wildman–Crippen LogP) is 3.98. The number of nitrogens with zero attached hydrogens (tertiary/aromatic N) is 1. The summed E-state index contributed by atoms with van der Waals surface area (Å²) in [7, 11) is 0. The summed E-state index contributed by atoms with van der Waals surface area (Å²) >= 11 is 0. The molecule has 1 fully saturated rings. The van der Waals surface area contributed by atoms with E-state index in [0.717, 1.165) is 49.3 Å². The third-order valence-electron chi connectivity index (χ3n) is 4.97. The zero-order valence-electron chi connectivity index (χ0n) is 14.6. The minimum absolute atomic E-state index is 0.0664. The van der Waals surface area contributed by atoms with Crippen LogP contribution in [0.1, 0.15) is 35.2 Å². The van der Waals surface area contributed by atoms with Crippen molar-refractivity contribution < 1.29 is 18.7 Å². The summed E-state index contributed by atoms with van der Waals surface area (Å²) in [6.07, 6.45) is 3.92. The molecule has 136 valence electrons. The highest BCUT2D eigenvalue weighted by Gasteiger charge is 2.24. The van der Waals surface area contributed by atoms with Crippen LogP contribution in [0.2, 0.25) is 0 Å². The van der Waals surface area contributed by atoms with Crippen LogP contribution < -0.4 is 9.64 Å². The molecule has 2 aromatic rings. The van der Waals surface area contributed by atoms with Crippen LogP contribution in [0, 0.1) is 5.82 Å². The van der Waals surface area contributed by atoms with E-state index < -0.39 is 0 Å². The van der Waals surface area contributed by atoms with E-state index in [1.807, 2.05) is 12.1 Å². The topological polar surface area (TPSA) is 38.8 Å². The van der Waals surface area contributed by atoms with Crippen molar-refractivity contribution in [2.45, 2.75) is 31.8 Å². The summed E-state index contributed by atoms with van der Waals surface area (Å²) in [6.45, 7) is 2.00. The number of carbonyl (C=O) groups excluding carboxylic acids is 1.